The van der Waals surface area contributed by atoms with E-state index in [4.69, 9.17) is 0 Å². The van der Waals surface area contributed by atoms with E-state index in [0.717, 1.165) is 38.8 Å². The molecule has 3 aliphatic heterocycles. The summed E-state index contributed by atoms with van der Waals surface area (Å²) in [6.45, 7) is 1.94. The van der Waals surface area contributed by atoms with Gasteiger partial charge in [-0.15, -0.1) is 24.8 Å². The number of hydrogen-bond acceptors (Lipinski definition) is 3. The highest BCUT2D eigenvalue weighted by atomic mass is 35.5. The molecule has 124 valence electrons. The Morgan fingerprint density at radius 3 is 2.33 bits per heavy atom. The molecule has 3 unspecified atom stereocenters. The molecule has 6 heteroatoms. The summed E-state index contributed by atoms with van der Waals surface area (Å²) < 4.78 is 0. The van der Waals surface area contributed by atoms with Crippen molar-refractivity contribution in [3.63, 3.8) is 0 Å². The van der Waals surface area contributed by atoms with E-state index in [1.165, 1.54) is 19.3 Å². The van der Waals surface area contributed by atoms with E-state index in [9.17, 15) is 4.79 Å². The molecule has 3 heterocycles. The molecule has 0 spiro atoms. The smallest absolute Gasteiger partial charge is 0.224 e. The third-order valence-electron chi connectivity index (χ3n) is 5.35. The molecule has 0 radical (unpaired) electrons. The predicted molar refractivity (Wildman–Crippen MR) is 90.4 cm³/mol. The van der Waals surface area contributed by atoms with Crippen molar-refractivity contribution in [2.24, 2.45) is 5.92 Å². The molecule has 0 aromatic carbocycles. The van der Waals surface area contributed by atoms with E-state index in [-0.39, 0.29) is 30.7 Å². The van der Waals surface area contributed by atoms with Crippen LogP contribution in [0.5, 0.6) is 0 Å². The van der Waals surface area contributed by atoms with Gasteiger partial charge in [-0.3, -0.25) is 4.79 Å². The standard InChI is InChI=1S/C15H27N3O.2ClH/c1-18-13-5-2-6-14(18)9-12(8-13)17-15(19)11-4-3-7-16-10-11;;/h11-14,16H,2-10H2,1H3,(H,17,19);2*1H. The van der Waals surface area contributed by atoms with Crippen LogP contribution in [0.15, 0.2) is 0 Å². The first-order chi connectivity index (χ1) is 9.24. The van der Waals surface area contributed by atoms with Crippen molar-refractivity contribution >= 4 is 30.7 Å². The first-order valence-electron chi connectivity index (χ1n) is 7.97. The molecule has 2 N–H and O–H groups in total. The Labute approximate surface area is 140 Å². The number of fused-ring (bicyclic) bond motifs is 2. The number of hydrogen-bond donors (Lipinski definition) is 2. The molecule has 4 nitrogen and oxygen atoms in total. The fourth-order valence-electron chi connectivity index (χ4n) is 4.13. The second kappa shape index (κ2) is 8.56. The average molecular weight is 338 g/mol. The van der Waals surface area contributed by atoms with E-state index in [1.54, 1.807) is 0 Å². The molecular weight excluding hydrogens is 309 g/mol. The largest absolute Gasteiger partial charge is 0.353 e. The molecular formula is C15H29Cl2N3O. The van der Waals surface area contributed by atoms with Gasteiger partial charge in [0.05, 0.1) is 5.92 Å². The molecule has 3 fully saturated rings. The summed E-state index contributed by atoms with van der Waals surface area (Å²) in [4.78, 5) is 14.9. The lowest BCUT2D eigenvalue weighted by Gasteiger charge is -2.47. The van der Waals surface area contributed by atoms with Crippen LogP contribution in [0, 0.1) is 5.92 Å². The molecule has 21 heavy (non-hydrogen) atoms. The fourth-order valence-corrected chi connectivity index (χ4v) is 4.13. The van der Waals surface area contributed by atoms with Gasteiger partial charge in [-0.05, 0) is 52.1 Å². The van der Waals surface area contributed by atoms with Crippen molar-refractivity contribution in [2.75, 3.05) is 20.1 Å². The van der Waals surface area contributed by atoms with Gasteiger partial charge in [-0.25, -0.2) is 0 Å². The number of halogens is 2. The van der Waals surface area contributed by atoms with Crippen LogP contribution in [0.2, 0.25) is 0 Å². The summed E-state index contributed by atoms with van der Waals surface area (Å²) in [5.74, 6) is 0.494. The Bertz CT molecular complexity index is 323. The Morgan fingerprint density at radius 1 is 1.10 bits per heavy atom. The fraction of sp³-hybridized carbons (Fsp3) is 0.933. The minimum atomic E-state index is 0. The van der Waals surface area contributed by atoms with Crippen LogP contribution < -0.4 is 10.6 Å². The Morgan fingerprint density at radius 2 is 1.76 bits per heavy atom. The van der Waals surface area contributed by atoms with Crippen molar-refractivity contribution < 1.29 is 4.79 Å². The molecule has 0 aromatic heterocycles. The highest BCUT2D eigenvalue weighted by Crippen LogP contribution is 2.32. The van der Waals surface area contributed by atoms with E-state index in [1.807, 2.05) is 0 Å². The molecule has 1 amide bonds. The van der Waals surface area contributed by atoms with Gasteiger partial charge >= 0.3 is 0 Å². The summed E-state index contributed by atoms with van der Waals surface area (Å²) >= 11 is 0. The van der Waals surface area contributed by atoms with Crippen LogP contribution in [0.25, 0.3) is 0 Å². The van der Waals surface area contributed by atoms with Crippen molar-refractivity contribution in [1.82, 2.24) is 15.5 Å². The van der Waals surface area contributed by atoms with Crippen LogP contribution in [0.1, 0.15) is 44.9 Å². The van der Waals surface area contributed by atoms with Gasteiger partial charge < -0.3 is 15.5 Å². The van der Waals surface area contributed by atoms with Gasteiger partial charge in [0.25, 0.3) is 0 Å². The minimum absolute atomic E-state index is 0. The first kappa shape index (κ1) is 19.0. The zero-order chi connectivity index (χ0) is 13.2. The second-order valence-electron chi connectivity index (χ2n) is 6.62. The molecule has 3 aliphatic rings. The zero-order valence-corrected chi connectivity index (χ0v) is 14.5. The second-order valence-corrected chi connectivity index (χ2v) is 6.62. The molecule has 0 saturated carbocycles. The summed E-state index contributed by atoms with van der Waals surface area (Å²) in [5.41, 5.74) is 0. The van der Waals surface area contributed by atoms with Gasteiger partial charge in [-0.2, -0.15) is 0 Å². The summed E-state index contributed by atoms with van der Waals surface area (Å²) in [7, 11) is 2.26. The Kier molecular flexibility index (Phi) is 7.75. The Balaban J connectivity index is 0.00000110. The number of nitrogens with one attached hydrogen (secondary N) is 2. The van der Waals surface area contributed by atoms with Gasteiger partial charge in [0.15, 0.2) is 0 Å². The van der Waals surface area contributed by atoms with Crippen LogP contribution in [0.3, 0.4) is 0 Å². The van der Waals surface area contributed by atoms with Gasteiger partial charge in [0, 0.05) is 24.7 Å². The van der Waals surface area contributed by atoms with Crippen LogP contribution in [-0.4, -0.2) is 49.1 Å². The van der Waals surface area contributed by atoms with E-state index in [0.29, 0.717) is 24.0 Å². The number of rotatable bonds is 2. The summed E-state index contributed by atoms with van der Waals surface area (Å²) in [5, 5.41) is 6.66. The number of amides is 1. The maximum absolute atomic E-state index is 12.3. The van der Waals surface area contributed by atoms with Crippen molar-refractivity contribution in [2.45, 2.75) is 63.1 Å². The van der Waals surface area contributed by atoms with Crippen LogP contribution in [-0.2, 0) is 4.79 Å². The zero-order valence-electron chi connectivity index (χ0n) is 12.8. The molecule has 0 aromatic rings. The van der Waals surface area contributed by atoms with Crippen LogP contribution >= 0.6 is 24.8 Å². The molecule has 0 aliphatic carbocycles. The number of carbonyl (C=O) groups excluding carboxylic acids is 1. The number of carbonyl (C=O) groups is 1. The number of piperidine rings is 3. The maximum atomic E-state index is 12.3. The van der Waals surface area contributed by atoms with Crippen molar-refractivity contribution in [3.8, 4) is 0 Å². The first-order valence-corrected chi connectivity index (χ1v) is 7.97. The van der Waals surface area contributed by atoms with Crippen molar-refractivity contribution in [3.05, 3.63) is 0 Å². The highest BCUT2D eigenvalue weighted by molar-refractivity contribution is 5.85. The molecule has 3 saturated heterocycles. The third kappa shape index (κ3) is 4.47. The average Bonchev–Trinajstić information content (AvgIpc) is 2.41. The SMILES string of the molecule is CN1C2CCCC1CC(NC(=O)C1CCCNC1)C2.Cl.Cl. The van der Waals surface area contributed by atoms with E-state index in [2.05, 4.69) is 22.6 Å². The third-order valence-corrected chi connectivity index (χ3v) is 5.35. The molecule has 3 rings (SSSR count). The normalized spacial score (nSPS) is 36.0. The lowest BCUT2D eigenvalue weighted by atomic mass is 9.82. The molecule has 3 atom stereocenters. The van der Waals surface area contributed by atoms with E-state index >= 15 is 0 Å². The van der Waals surface area contributed by atoms with E-state index < -0.39 is 0 Å². The van der Waals surface area contributed by atoms with Gasteiger partial charge in [0.1, 0.15) is 0 Å². The minimum Gasteiger partial charge on any atom is -0.353 e. The van der Waals surface area contributed by atoms with Gasteiger partial charge in [0.2, 0.25) is 5.91 Å². The van der Waals surface area contributed by atoms with Gasteiger partial charge in [-0.1, -0.05) is 6.42 Å². The van der Waals surface area contributed by atoms with Crippen molar-refractivity contribution in [1.29, 1.82) is 0 Å². The topological polar surface area (TPSA) is 44.4 Å². The monoisotopic (exact) mass is 337 g/mol. The summed E-state index contributed by atoms with van der Waals surface area (Å²) in [6.07, 6.45) is 8.48. The lowest BCUT2D eigenvalue weighted by Crippen LogP contribution is -2.56. The summed E-state index contributed by atoms with van der Waals surface area (Å²) in [6, 6.07) is 1.81. The quantitative estimate of drug-likeness (QED) is 0.809. The highest BCUT2D eigenvalue weighted by Gasteiger charge is 2.37. The number of nitrogens with zero attached hydrogens (tertiary/aromatic N) is 1. The molecule has 2 bridgehead atoms. The predicted octanol–water partition coefficient (Wildman–Crippen LogP) is 1.96. The lowest BCUT2D eigenvalue weighted by molar-refractivity contribution is -0.127. The van der Waals surface area contributed by atoms with Crippen LogP contribution in [0.4, 0.5) is 0 Å². The maximum Gasteiger partial charge on any atom is 0.224 e. The Hall–Kier alpha value is -0.0300.